The van der Waals surface area contributed by atoms with Crippen LogP contribution in [0.15, 0.2) is 0 Å². The Morgan fingerprint density at radius 3 is 2.42 bits per heavy atom. The highest BCUT2D eigenvalue weighted by Crippen LogP contribution is 2.33. The highest BCUT2D eigenvalue weighted by atomic mass is 16.7. The standard InChI is InChI=1S/C17H29NO6/c1-7-21-14(19)10-8-11(15(20)24-16(2,3)4)18-13(10)12-9-22-17(5,6)23-12/h10-13,18H,7-9H2,1-6H3/t10-,11+,12-,13-/m1/s1. The lowest BCUT2D eigenvalue weighted by molar-refractivity contribution is -0.157. The molecule has 7 nitrogen and oxygen atoms in total. The molecule has 2 fully saturated rings. The van der Waals surface area contributed by atoms with Crippen molar-refractivity contribution < 1.29 is 28.5 Å². The lowest BCUT2D eigenvalue weighted by Crippen LogP contribution is -2.47. The van der Waals surface area contributed by atoms with Crippen LogP contribution in [0.1, 0.15) is 48.0 Å². The maximum absolute atomic E-state index is 12.4. The van der Waals surface area contributed by atoms with Crippen LogP contribution in [0, 0.1) is 5.92 Å². The Kier molecular flexibility index (Phi) is 5.57. The van der Waals surface area contributed by atoms with Gasteiger partial charge in [-0.05, 0) is 48.0 Å². The second-order valence-corrected chi connectivity index (χ2v) is 7.74. The monoisotopic (exact) mass is 343 g/mol. The van der Waals surface area contributed by atoms with Crippen molar-refractivity contribution in [1.29, 1.82) is 0 Å². The maximum atomic E-state index is 12.4. The van der Waals surface area contributed by atoms with Crippen molar-refractivity contribution in [3.05, 3.63) is 0 Å². The summed E-state index contributed by atoms with van der Waals surface area (Å²) in [6.45, 7) is 11.5. The smallest absolute Gasteiger partial charge is 0.323 e. The minimum atomic E-state index is -0.699. The Hall–Kier alpha value is -1.18. The van der Waals surface area contributed by atoms with Gasteiger partial charge in [0.1, 0.15) is 17.7 Å². The number of carbonyl (C=O) groups excluding carboxylic acids is 2. The predicted octanol–water partition coefficient (Wildman–Crippen LogP) is 1.39. The van der Waals surface area contributed by atoms with Gasteiger partial charge in [0.15, 0.2) is 5.79 Å². The molecular formula is C17H29NO6. The van der Waals surface area contributed by atoms with Crippen LogP contribution < -0.4 is 5.32 Å². The number of carbonyl (C=O) groups is 2. The largest absolute Gasteiger partial charge is 0.466 e. The van der Waals surface area contributed by atoms with Crippen LogP contribution in [0.2, 0.25) is 0 Å². The molecule has 0 saturated carbocycles. The van der Waals surface area contributed by atoms with Gasteiger partial charge in [0.2, 0.25) is 0 Å². The van der Waals surface area contributed by atoms with Gasteiger partial charge in [-0.15, -0.1) is 0 Å². The summed E-state index contributed by atoms with van der Waals surface area (Å²) in [5.74, 6) is -1.85. The quantitative estimate of drug-likeness (QED) is 0.772. The fourth-order valence-corrected chi connectivity index (χ4v) is 3.11. The lowest BCUT2D eigenvalue weighted by Gasteiger charge is -2.25. The van der Waals surface area contributed by atoms with Crippen LogP contribution >= 0.6 is 0 Å². The molecule has 0 amide bonds. The first kappa shape index (κ1) is 19.1. The summed E-state index contributed by atoms with van der Waals surface area (Å²) in [4.78, 5) is 24.7. The van der Waals surface area contributed by atoms with Gasteiger partial charge in [0, 0.05) is 6.04 Å². The van der Waals surface area contributed by atoms with Gasteiger partial charge < -0.3 is 18.9 Å². The molecule has 0 radical (unpaired) electrons. The van der Waals surface area contributed by atoms with E-state index in [1.54, 1.807) is 6.92 Å². The molecule has 0 bridgehead atoms. The molecule has 2 aliphatic rings. The lowest BCUT2D eigenvalue weighted by atomic mass is 9.95. The number of hydrogen-bond acceptors (Lipinski definition) is 7. The summed E-state index contributed by atoms with van der Waals surface area (Å²) in [6.07, 6.45) is 0.0143. The molecule has 138 valence electrons. The number of ether oxygens (including phenoxy) is 4. The summed E-state index contributed by atoms with van der Waals surface area (Å²) in [7, 11) is 0. The molecule has 0 aliphatic carbocycles. The molecule has 1 N–H and O–H groups in total. The summed E-state index contributed by atoms with van der Waals surface area (Å²) >= 11 is 0. The average molecular weight is 343 g/mol. The second kappa shape index (κ2) is 6.98. The Bertz CT molecular complexity index is 484. The van der Waals surface area contributed by atoms with E-state index in [1.165, 1.54) is 0 Å². The van der Waals surface area contributed by atoms with Crippen LogP contribution in [0.4, 0.5) is 0 Å². The molecule has 0 unspecified atom stereocenters. The first-order valence-electron chi connectivity index (χ1n) is 8.50. The number of nitrogens with one attached hydrogen (secondary N) is 1. The van der Waals surface area contributed by atoms with E-state index in [2.05, 4.69) is 5.32 Å². The van der Waals surface area contributed by atoms with Gasteiger partial charge in [-0.1, -0.05) is 0 Å². The van der Waals surface area contributed by atoms with E-state index in [9.17, 15) is 9.59 Å². The summed E-state index contributed by atoms with van der Waals surface area (Å²) in [6, 6.07) is -0.903. The highest BCUT2D eigenvalue weighted by molar-refractivity contribution is 5.80. The van der Waals surface area contributed by atoms with E-state index in [1.807, 2.05) is 34.6 Å². The number of rotatable bonds is 4. The Balaban J connectivity index is 2.11. The van der Waals surface area contributed by atoms with Crippen molar-refractivity contribution in [2.75, 3.05) is 13.2 Å². The SMILES string of the molecule is CCOC(=O)[C@@H]1C[C@@H](C(=O)OC(C)(C)C)N[C@H]1[C@H]1COC(C)(C)O1. The van der Waals surface area contributed by atoms with Gasteiger partial charge in [-0.3, -0.25) is 14.9 Å². The van der Waals surface area contributed by atoms with E-state index in [4.69, 9.17) is 18.9 Å². The first-order valence-corrected chi connectivity index (χ1v) is 8.50. The van der Waals surface area contributed by atoms with Crippen LogP contribution in [-0.2, 0) is 28.5 Å². The molecule has 2 rings (SSSR count). The molecule has 0 spiro atoms. The first-order chi connectivity index (χ1) is 11.0. The second-order valence-electron chi connectivity index (χ2n) is 7.74. The molecular weight excluding hydrogens is 314 g/mol. The molecule has 0 aromatic heterocycles. The minimum Gasteiger partial charge on any atom is -0.466 e. The van der Waals surface area contributed by atoms with E-state index < -0.39 is 23.3 Å². The van der Waals surface area contributed by atoms with Crippen LogP contribution in [0.25, 0.3) is 0 Å². The third-order valence-electron chi connectivity index (χ3n) is 4.03. The zero-order valence-corrected chi connectivity index (χ0v) is 15.4. The van der Waals surface area contributed by atoms with Crippen molar-refractivity contribution >= 4 is 11.9 Å². The fourth-order valence-electron chi connectivity index (χ4n) is 3.11. The van der Waals surface area contributed by atoms with Gasteiger partial charge in [-0.2, -0.15) is 0 Å². The molecule has 4 atom stereocenters. The zero-order chi connectivity index (χ0) is 18.1. The predicted molar refractivity (Wildman–Crippen MR) is 86.2 cm³/mol. The van der Waals surface area contributed by atoms with E-state index in [-0.39, 0.29) is 24.1 Å². The van der Waals surface area contributed by atoms with Gasteiger partial charge in [-0.25, -0.2) is 0 Å². The fraction of sp³-hybridized carbons (Fsp3) is 0.882. The molecule has 2 aliphatic heterocycles. The highest BCUT2D eigenvalue weighted by Gasteiger charge is 2.50. The van der Waals surface area contributed by atoms with Crippen LogP contribution in [-0.4, -0.2) is 54.7 Å². The summed E-state index contributed by atoms with van der Waals surface area (Å²) in [5, 5.41) is 3.20. The summed E-state index contributed by atoms with van der Waals surface area (Å²) in [5.41, 5.74) is -0.578. The van der Waals surface area contributed by atoms with E-state index in [0.717, 1.165) is 0 Å². The third-order valence-corrected chi connectivity index (χ3v) is 4.03. The normalized spacial score (nSPS) is 32.6. The third kappa shape index (κ3) is 4.68. The van der Waals surface area contributed by atoms with Crippen molar-refractivity contribution in [1.82, 2.24) is 5.32 Å². The minimum absolute atomic E-state index is 0.298. The van der Waals surface area contributed by atoms with Crippen LogP contribution in [0.5, 0.6) is 0 Å². The number of esters is 2. The van der Waals surface area contributed by atoms with E-state index in [0.29, 0.717) is 19.6 Å². The van der Waals surface area contributed by atoms with Gasteiger partial charge >= 0.3 is 11.9 Å². The Morgan fingerprint density at radius 2 is 1.92 bits per heavy atom. The van der Waals surface area contributed by atoms with Crippen molar-refractivity contribution in [3.63, 3.8) is 0 Å². The molecule has 2 saturated heterocycles. The average Bonchev–Trinajstić information content (AvgIpc) is 3.00. The Morgan fingerprint density at radius 1 is 1.25 bits per heavy atom. The molecule has 0 aromatic carbocycles. The van der Waals surface area contributed by atoms with Crippen molar-refractivity contribution in [3.8, 4) is 0 Å². The van der Waals surface area contributed by atoms with Crippen LogP contribution in [0.3, 0.4) is 0 Å². The topological polar surface area (TPSA) is 83.1 Å². The number of hydrogen-bond donors (Lipinski definition) is 1. The Labute approximate surface area is 143 Å². The molecule has 24 heavy (non-hydrogen) atoms. The summed E-state index contributed by atoms with van der Waals surface area (Å²) < 4.78 is 22.1. The van der Waals surface area contributed by atoms with Gasteiger partial charge in [0.05, 0.1) is 19.1 Å². The maximum Gasteiger partial charge on any atom is 0.323 e. The molecule has 7 heteroatoms. The molecule has 2 heterocycles. The van der Waals surface area contributed by atoms with Crippen molar-refractivity contribution in [2.24, 2.45) is 5.92 Å². The van der Waals surface area contributed by atoms with Crippen molar-refractivity contribution in [2.45, 2.75) is 77.5 Å². The van der Waals surface area contributed by atoms with E-state index >= 15 is 0 Å². The zero-order valence-electron chi connectivity index (χ0n) is 15.4. The molecule has 0 aromatic rings. The van der Waals surface area contributed by atoms with Gasteiger partial charge in [0.25, 0.3) is 0 Å².